The molecule has 1 aromatic carbocycles. The van der Waals surface area contributed by atoms with Crippen LogP contribution in [0.4, 0.5) is 15.8 Å². The average molecular weight is 271 g/mol. The van der Waals surface area contributed by atoms with E-state index in [1.54, 1.807) is 6.92 Å². The van der Waals surface area contributed by atoms with Gasteiger partial charge in [0.1, 0.15) is 17.1 Å². The van der Waals surface area contributed by atoms with Crippen LogP contribution in [0.3, 0.4) is 0 Å². The summed E-state index contributed by atoms with van der Waals surface area (Å²) in [6, 6.07) is 1.15. The zero-order valence-corrected chi connectivity index (χ0v) is 10.5. The molecule has 8 heteroatoms. The molecule has 0 fully saturated rings. The highest BCUT2D eigenvalue weighted by atomic mass is 19.1. The number of nitro groups is 1. The zero-order chi connectivity index (χ0) is 14.7. The first-order valence-electron chi connectivity index (χ1n) is 5.41. The van der Waals surface area contributed by atoms with Crippen molar-refractivity contribution in [3.63, 3.8) is 0 Å². The summed E-state index contributed by atoms with van der Waals surface area (Å²) in [4.78, 5) is 23.0. The van der Waals surface area contributed by atoms with Crippen LogP contribution in [0, 0.1) is 15.9 Å². The summed E-state index contributed by atoms with van der Waals surface area (Å²) in [5, 5.41) is 19.7. The van der Waals surface area contributed by atoms with Gasteiger partial charge in [0.15, 0.2) is 0 Å². The monoisotopic (exact) mass is 271 g/mol. The number of aliphatic hydroxyl groups is 1. The van der Waals surface area contributed by atoms with Crippen LogP contribution in [-0.4, -0.2) is 40.5 Å². The normalized spacial score (nSPS) is 12.0. The van der Waals surface area contributed by atoms with Crippen LogP contribution in [-0.2, 0) is 0 Å². The topological polar surface area (TPSA) is 110 Å². The highest BCUT2D eigenvalue weighted by molar-refractivity contribution is 6.01. The predicted octanol–water partition coefficient (Wildman–Crippen LogP) is 0.769. The average Bonchev–Trinajstić information content (AvgIpc) is 2.36. The fourth-order valence-electron chi connectivity index (χ4n) is 1.46. The number of aliphatic hydroxyl groups excluding tert-OH is 1. The Kier molecular flexibility index (Phi) is 4.38. The number of nitro benzene ring substituents is 1. The summed E-state index contributed by atoms with van der Waals surface area (Å²) in [5.41, 5.74) is 3.86. The number of nitrogen functional groups attached to an aromatic ring is 1. The number of likely N-dealkylation sites (N-methyl/N-ethyl adjacent to an activating group) is 1. The van der Waals surface area contributed by atoms with E-state index in [-0.39, 0.29) is 6.61 Å². The molecule has 1 atom stereocenters. The fourth-order valence-corrected chi connectivity index (χ4v) is 1.46. The van der Waals surface area contributed by atoms with Gasteiger partial charge in [0.25, 0.3) is 11.6 Å². The van der Waals surface area contributed by atoms with E-state index in [2.05, 4.69) is 0 Å². The molecule has 104 valence electrons. The molecule has 0 saturated heterocycles. The van der Waals surface area contributed by atoms with Gasteiger partial charge in [-0.1, -0.05) is 0 Å². The molecular formula is C11H14FN3O4. The molecule has 0 aliphatic rings. The Morgan fingerprint density at radius 2 is 2.21 bits per heavy atom. The highest BCUT2D eigenvalue weighted by Crippen LogP contribution is 2.28. The van der Waals surface area contributed by atoms with E-state index in [0.29, 0.717) is 0 Å². The zero-order valence-electron chi connectivity index (χ0n) is 10.5. The Balaban J connectivity index is 3.30. The largest absolute Gasteiger partial charge is 0.394 e. The van der Waals surface area contributed by atoms with Crippen molar-refractivity contribution in [2.75, 3.05) is 19.4 Å². The van der Waals surface area contributed by atoms with E-state index in [9.17, 15) is 19.3 Å². The van der Waals surface area contributed by atoms with Crippen LogP contribution < -0.4 is 5.73 Å². The molecule has 1 amide bonds. The SMILES string of the molecule is CC(CO)N(C)C(=O)c1c(F)ccc([N+](=O)[O-])c1N. The third kappa shape index (κ3) is 2.79. The van der Waals surface area contributed by atoms with Gasteiger partial charge in [-0.3, -0.25) is 14.9 Å². The van der Waals surface area contributed by atoms with Crippen LogP contribution in [0.15, 0.2) is 12.1 Å². The predicted molar refractivity (Wildman–Crippen MR) is 66.1 cm³/mol. The number of nitrogens with zero attached hydrogens (tertiary/aromatic N) is 2. The molecule has 1 aromatic rings. The lowest BCUT2D eigenvalue weighted by Gasteiger charge is -2.23. The lowest BCUT2D eigenvalue weighted by atomic mass is 10.1. The van der Waals surface area contributed by atoms with E-state index in [1.807, 2.05) is 0 Å². The Labute approximate surface area is 108 Å². The molecule has 0 radical (unpaired) electrons. The van der Waals surface area contributed by atoms with Crippen molar-refractivity contribution in [1.29, 1.82) is 0 Å². The van der Waals surface area contributed by atoms with E-state index in [0.717, 1.165) is 17.0 Å². The third-order valence-electron chi connectivity index (χ3n) is 2.83. The second-order valence-electron chi connectivity index (χ2n) is 4.06. The molecule has 0 bridgehead atoms. The van der Waals surface area contributed by atoms with Crippen LogP contribution in [0.5, 0.6) is 0 Å². The van der Waals surface area contributed by atoms with Gasteiger partial charge in [0.2, 0.25) is 0 Å². The quantitative estimate of drug-likeness (QED) is 0.477. The fraction of sp³-hybridized carbons (Fsp3) is 0.364. The molecule has 0 heterocycles. The van der Waals surface area contributed by atoms with Crippen LogP contribution in [0.2, 0.25) is 0 Å². The molecule has 3 N–H and O–H groups in total. The van der Waals surface area contributed by atoms with Gasteiger partial charge < -0.3 is 15.7 Å². The van der Waals surface area contributed by atoms with Crippen molar-refractivity contribution in [3.8, 4) is 0 Å². The Morgan fingerprint density at radius 1 is 1.63 bits per heavy atom. The first kappa shape index (κ1) is 14.8. The molecule has 0 aliphatic carbocycles. The number of amides is 1. The second-order valence-corrected chi connectivity index (χ2v) is 4.06. The first-order chi connectivity index (χ1) is 8.81. The minimum absolute atomic E-state index is 0.321. The van der Waals surface area contributed by atoms with Gasteiger partial charge in [0.05, 0.1) is 17.6 Å². The summed E-state index contributed by atoms with van der Waals surface area (Å²) in [6.45, 7) is 1.22. The van der Waals surface area contributed by atoms with Crippen LogP contribution >= 0.6 is 0 Å². The number of carbonyl (C=O) groups excluding carboxylic acids is 1. The Hall–Kier alpha value is -2.22. The lowest BCUT2D eigenvalue weighted by molar-refractivity contribution is -0.384. The van der Waals surface area contributed by atoms with Crippen molar-refractivity contribution in [3.05, 3.63) is 33.6 Å². The summed E-state index contributed by atoms with van der Waals surface area (Å²) >= 11 is 0. The molecule has 0 aliphatic heterocycles. The van der Waals surface area contributed by atoms with Crippen LogP contribution in [0.1, 0.15) is 17.3 Å². The number of anilines is 1. The van der Waals surface area contributed by atoms with Crippen molar-refractivity contribution in [2.24, 2.45) is 0 Å². The molecule has 7 nitrogen and oxygen atoms in total. The van der Waals surface area contributed by atoms with Crippen molar-refractivity contribution >= 4 is 17.3 Å². The lowest BCUT2D eigenvalue weighted by Crippen LogP contribution is -2.38. The smallest absolute Gasteiger partial charge is 0.293 e. The maximum Gasteiger partial charge on any atom is 0.293 e. The third-order valence-corrected chi connectivity index (χ3v) is 2.83. The number of halogens is 1. The molecule has 1 rings (SSSR count). The number of hydrogen-bond acceptors (Lipinski definition) is 5. The van der Waals surface area contributed by atoms with Gasteiger partial charge in [0, 0.05) is 13.1 Å². The molecule has 19 heavy (non-hydrogen) atoms. The van der Waals surface area contributed by atoms with E-state index >= 15 is 0 Å². The Bertz CT molecular complexity index is 521. The van der Waals surface area contributed by atoms with Crippen molar-refractivity contribution in [1.82, 2.24) is 4.90 Å². The standard InChI is InChI=1S/C11H14FN3O4/c1-6(5-16)14(2)11(17)9-7(12)3-4-8(10(9)13)15(18)19/h3-4,6,16H,5,13H2,1-2H3. The number of nitrogens with two attached hydrogens (primary N) is 1. The van der Waals surface area contributed by atoms with Gasteiger partial charge in [-0.2, -0.15) is 0 Å². The van der Waals surface area contributed by atoms with Gasteiger partial charge >= 0.3 is 0 Å². The summed E-state index contributed by atoms with van der Waals surface area (Å²) in [6.07, 6.45) is 0. The number of benzene rings is 1. The molecule has 0 saturated carbocycles. The summed E-state index contributed by atoms with van der Waals surface area (Å²) in [5.74, 6) is -1.76. The van der Waals surface area contributed by atoms with Gasteiger partial charge in [-0.05, 0) is 13.0 Å². The number of rotatable bonds is 4. The van der Waals surface area contributed by atoms with Gasteiger partial charge in [-0.25, -0.2) is 4.39 Å². The second kappa shape index (κ2) is 5.61. The summed E-state index contributed by atoms with van der Waals surface area (Å²) < 4.78 is 13.7. The minimum atomic E-state index is -0.940. The van der Waals surface area contributed by atoms with Gasteiger partial charge in [-0.15, -0.1) is 0 Å². The summed E-state index contributed by atoms with van der Waals surface area (Å²) in [7, 11) is 1.35. The number of carbonyl (C=O) groups is 1. The van der Waals surface area contributed by atoms with E-state index in [4.69, 9.17) is 10.8 Å². The molecule has 1 unspecified atom stereocenters. The van der Waals surface area contributed by atoms with Crippen molar-refractivity contribution < 1.29 is 19.2 Å². The number of hydrogen-bond donors (Lipinski definition) is 2. The highest BCUT2D eigenvalue weighted by Gasteiger charge is 2.27. The minimum Gasteiger partial charge on any atom is -0.394 e. The molecule has 0 aromatic heterocycles. The molecule has 0 spiro atoms. The maximum atomic E-state index is 13.7. The van der Waals surface area contributed by atoms with Crippen LogP contribution in [0.25, 0.3) is 0 Å². The van der Waals surface area contributed by atoms with Crippen molar-refractivity contribution in [2.45, 2.75) is 13.0 Å². The van der Waals surface area contributed by atoms with E-state index < -0.39 is 39.6 Å². The Morgan fingerprint density at radius 3 is 2.68 bits per heavy atom. The van der Waals surface area contributed by atoms with E-state index in [1.165, 1.54) is 7.05 Å². The maximum absolute atomic E-state index is 13.7. The first-order valence-corrected chi connectivity index (χ1v) is 5.41. The molecular weight excluding hydrogens is 257 g/mol.